The number of nitrogens with one attached hydrogen (secondary N) is 1. The van der Waals surface area contributed by atoms with E-state index in [1.165, 1.54) is 11.0 Å². The van der Waals surface area contributed by atoms with E-state index in [9.17, 15) is 28.8 Å². The second-order valence-electron chi connectivity index (χ2n) is 13.0. The number of aromatic nitrogens is 1. The first-order valence-corrected chi connectivity index (χ1v) is 17.9. The van der Waals surface area contributed by atoms with E-state index in [1.54, 1.807) is 35.8 Å². The predicted octanol–water partition coefficient (Wildman–Crippen LogP) is 2.28. The van der Waals surface area contributed by atoms with E-state index >= 15 is 0 Å². The van der Waals surface area contributed by atoms with E-state index in [4.69, 9.17) is 14.2 Å². The third-order valence-corrected chi connectivity index (χ3v) is 9.45. The molecule has 2 unspecified atom stereocenters. The van der Waals surface area contributed by atoms with Gasteiger partial charge in [-0.05, 0) is 70.6 Å². The molecule has 15 heteroatoms. The molecule has 4 heterocycles. The van der Waals surface area contributed by atoms with Crippen molar-refractivity contribution >= 4 is 46.6 Å². The molecule has 0 aliphatic carbocycles. The largest absolute Gasteiger partial charge is 0.483 e. The van der Waals surface area contributed by atoms with Crippen molar-refractivity contribution in [3.8, 4) is 5.75 Å². The maximum Gasteiger partial charge on any atom is 0.409 e. The van der Waals surface area contributed by atoms with Crippen LogP contribution in [0.1, 0.15) is 68.4 Å². The molecule has 5 amide bonds. The van der Waals surface area contributed by atoms with Crippen LogP contribution in [0.2, 0.25) is 0 Å². The zero-order valence-corrected chi connectivity index (χ0v) is 29.7. The highest BCUT2D eigenvalue weighted by Crippen LogP contribution is 2.28. The number of ether oxygens (including phenoxy) is 3. The summed E-state index contributed by atoms with van der Waals surface area (Å²) in [5.74, 6) is -1.66. The number of piperazine rings is 1. The fourth-order valence-corrected chi connectivity index (χ4v) is 6.76. The van der Waals surface area contributed by atoms with Crippen LogP contribution < -0.4 is 10.1 Å². The molecule has 3 aliphatic heterocycles. The average molecular weight is 709 g/mol. The van der Waals surface area contributed by atoms with Gasteiger partial charge in [0.2, 0.25) is 11.8 Å². The number of benzene rings is 1. The molecule has 3 fully saturated rings. The van der Waals surface area contributed by atoms with E-state index in [0.717, 1.165) is 24.8 Å². The normalized spacial score (nSPS) is 18.1. The minimum atomic E-state index is -1.09. The van der Waals surface area contributed by atoms with E-state index < -0.39 is 36.0 Å². The molecule has 51 heavy (non-hydrogen) atoms. The summed E-state index contributed by atoms with van der Waals surface area (Å²) >= 11 is 0. The predicted molar refractivity (Wildman–Crippen MR) is 185 cm³/mol. The fraction of sp³-hybridized carbons (Fsp3) is 0.583. The highest BCUT2D eigenvalue weighted by molar-refractivity contribution is 5.99. The van der Waals surface area contributed by atoms with Crippen molar-refractivity contribution in [1.29, 1.82) is 0 Å². The van der Waals surface area contributed by atoms with Gasteiger partial charge in [0.15, 0.2) is 6.61 Å². The molecule has 276 valence electrons. The van der Waals surface area contributed by atoms with Crippen LogP contribution in [0.25, 0.3) is 10.9 Å². The van der Waals surface area contributed by atoms with Crippen LogP contribution in [0.4, 0.5) is 4.79 Å². The van der Waals surface area contributed by atoms with Gasteiger partial charge >= 0.3 is 12.1 Å². The topological polar surface area (TPSA) is 168 Å². The first-order chi connectivity index (χ1) is 24.6. The first kappa shape index (κ1) is 37.3. The molecule has 5 rings (SSSR count). The second-order valence-corrected chi connectivity index (χ2v) is 13.0. The van der Waals surface area contributed by atoms with Crippen LogP contribution in [0.5, 0.6) is 5.75 Å². The quantitative estimate of drug-likeness (QED) is 0.323. The van der Waals surface area contributed by atoms with Crippen LogP contribution in [-0.2, 0) is 28.7 Å². The Bertz CT molecular complexity index is 1620. The molecule has 2 atom stereocenters. The number of esters is 1. The third kappa shape index (κ3) is 9.24. The Morgan fingerprint density at radius 2 is 1.57 bits per heavy atom. The molecule has 0 spiro atoms. The van der Waals surface area contributed by atoms with E-state index in [0.29, 0.717) is 37.0 Å². The number of carbonyl (C=O) groups excluding carboxylic acids is 6. The van der Waals surface area contributed by atoms with Crippen LogP contribution >= 0.6 is 0 Å². The van der Waals surface area contributed by atoms with E-state index in [1.807, 2.05) is 17.9 Å². The standard InChI is InChI=1S/C36H48N6O9/c1-4-49-32(44)13-12-26(34(46)40-17-19-41(20-18-40)36(48)50-5-2)38-33(45)28-22-30(25-11-10-24(3)21-27(25)37-28)51-23-31(43)42-16-8-9-29(42)35(47)39-14-6-7-15-39/h10-11,21-22,26,29H,4-9,12-20,23H2,1-3H3,(H,38,45). The molecule has 0 radical (unpaired) electrons. The number of hydrogen-bond acceptors (Lipinski definition) is 10. The SMILES string of the molecule is CCOC(=O)CCC(NC(=O)c1cc(OCC(=O)N2CCCC2C(=O)N2CCCC2)c2ccc(C)cc2n1)C(=O)N1CCN(C(=O)OCC)CC1. The summed E-state index contributed by atoms with van der Waals surface area (Å²) in [5.41, 5.74) is 1.30. The Kier molecular flexibility index (Phi) is 12.7. The van der Waals surface area contributed by atoms with Gasteiger partial charge in [-0.15, -0.1) is 0 Å². The van der Waals surface area contributed by atoms with Gasteiger partial charge in [0.25, 0.3) is 11.8 Å². The first-order valence-electron chi connectivity index (χ1n) is 17.9. The molecular weight excluding hydrogens is 660 g/mol. The highest BCUT2D eigenvalue weighted by atomic mass is 16.6. The van der Waals surface area contributed by atoms with Gasteiger partial charge < -0.3 is 39.1 Å². The molecule has 0 bridgehead atoms. The molecule has 3 saturated heterocycles. The summed E-state index contributed by atoms with van der Waals surface area (Å²) in [7, 11) is 0. The Hall–Kier alpha value is -4.95. The molecule has 2 aromatic rings. The van der Waals surface area contributed by atoms with Crippen LogP contribution in [0.3, 0.4) is 0 Å². The lowest BCUT2D eigenvalue weighted by atomic mass is 10.1. The van der Waals surface area contributed by atoms with Gasteiger partial charge in [0.05, 0.1) is 18.7 Å². The van der Waals surface area contributed by atoms with Crippen molar-refractivity contribution in [2.45, 2.75) is 71.4 Å². The number of fused-ring (bicyclic) bond motifs is 1. The Morgan fingerprint density at radius 3 is 2.27 bits per heavy atom. The lowest BCUT2D eigenvalue weighted by molar-refractivity contribution is -0.144. The Labute approximate surface area is 297 Å². The monoisotopic (exact) mass is 708 g/mol. The second kappa shape index (κ2) is 17.3. The zero-order chi connectivity index (χ0) is 36.5. The lowest BCUT2D eigenvalue weighted by Crippen LogP contribution is -2.56. The summed E-state index contributed by atoms with van der Waals surface area (Å²) < 4.78 is 16.2. The molecule has 1 N–H and O–H groups in total. The van der Waals surface area contributed by atoms with Crippen molar-refractivity contribution < 1.29 is 43.0 Å². The minimum Gasteiger partial charge on any atom is -0.483 e. The van der Waals surface area contributed by atoms with Crippen LogP contribution in [-0.4, -0.2) is 138 Å². The van der Waals surface area contributed by atoms with Gasteiger partial charge in [0.1, 0.15) is 23.5 Å². The van der Waals surface area contributed by atoms with Crippen molar-refractivity contribution in [1.82, 2.24) is 29.9 Å². The molecule has 1 aromatic carbocycles. The smallest absolute Gasteiger partial charge is 0.409 e. The molecule has 0 saturated carbocycles. The number of carbonyl (C=O) groups is 6. The number of rotatable bonds is 12. The average Bonchev–Trinajstić information content (AvgIpc) is 3.85. The van der Waals surface area contributed by atoms with Crippen LogP contribution in [0, 0.1) is 6.92 Å². The highest BCUT2D eigenvalue weighted by Gasteiger charge is 2.37. The number of hydrogen-bond donors (Lipinski definition) is 1. The maximum atomic E-state index is 13.8. The number of aryl methyl sites for hydroxylation is 1. The van der Waals surface area contributed by atoms with Crippen molar-refractivity contribution in [3.63, 3.8) is 0 Å². The molecular formula is C36H48N6O9. The van der Waals surface area contributed by atoms with E-state index in [2.05, 4.69) is 10.3 Å². The van der Waals surface area contributed by atoms with Gasteiger partial charge in [-0.2, -0.15) is 0 Å². The number of nitrogens with zero attached hydrogens (tertiary/aromatic N) is 5. The molecule has 3 aliphatic rings. The zero-order valence-electron chi connectivity index (χ0n) is 29.7. The van der Waals surface area contributed by atoms with Crippen molar-refractivity contribution in [2.24, 2.45) is 0 Å². The Morgan fingerprint density at radius 1 is 0.863 bits per heavy atom. The van der Waals surface area contributed by atoms with Crippen LogP contribution in [0.15, 0.2) is 24.3 Å². The summed E-state index contributed by atoms with van der Waals surface area (Å²) in [6.07, 6.45) is 2.70. The molecule has 1 aromatic heterocycles. The van der Waals surface area contributed by atoms with Gasteiger partial charge in [-0.25, -0.2) is 9.78 Å². The van der Waals surface area contributed by atoms with Gasteiger partial charge in [-0.3, -0.25) is 24.0 Å². The summed E-state index contributed by atoms with van der Waals surface area (Å²) in [4.78, 5) is 89.6. The summed E-state index contributed by atoms with van der Waals surface area (Å²) in [6, 6.07) is 5.30. The van der Waals surface area contributed by atoms with E-state index in [-0.39, 0.29) is 82.1 Å². The summed E-state index contributed by atoms with van der Waals surface area (Å²) in [6.45, 7) is 8.24. The number of likely N-dealkylation sites (tertiary alicyclic amines) is 2. The molecule has 15 nitrogen and oxygen atoms in total. The van der Waals surface area contributed by atoms with Crippen molar-refractivity contribution in [2.75, 3.05) is 65.6 Å². The maximum absolute atomic E-state index is 13.8. The summed E-state index contributed by atoms with van der Waals surface area (Å²) in [5, 5.41) is 3.35. The minimum absolute atomic E-state index is 0.0147. The number of amides is 5. The lowest BCUT2D eigenvalue weighted by Gasteiger charge is -2.36. The number of pyridine rings is 1. The third-order valence-electron chi connectivity index (χ3n) is 9.45. The van der Waals surface area contributed by atoms with Gasteiger partial charge in [-0.1, -0.05) is 6.07 Å². The van der Waals surface area contributed by atoms with Crippen molar-refractivity contribution in [3.05, 3.63) is 35.5 Å². The Balaban J connectivity index is 1.31. The van der Waals surface area contributed by atoms with Gasteiger partial charge in [0, 0.05) is 63.7 Å². The fourth-order valence-electron chi connectivity index (χ4n) is 6.76.